The van der Waals surface area contributed by atoms with Crippen molar-refractivity contribution in [2.24, 2.45) is 11.8 Å². The first-order valence-electron chi connectivity index (χ1n) is 7.36. The summed E-state index contributed by atoms with van der Waals surface area (Å²) in [6.45, 7) is 0. The van der Waals surface area contributed by atoms with Gasteiger partial charge in [0.2, 0.25) is 0 Å². The maximum absolute atomic E-state index is 3.45. The minimum absolute atomic E-state index is 0.844. The number of allylic oxidation sites excluding steroid dienone is 1. The van der Waals surface area contributed by atoms with Gasteiger partial charge in [0.25, 0.3) is 0 Å². The summed E-state index contributed by atoms with van der Waals surface area (Å²) in [7, 11) is 0. The summed E-state index contributed by atoms with van der Waals surface area (Å²) in [5, 5.41) is 0. The second kappa shape index (κ2) is 6.97. The second-order valence-corrected chi connectivity index (χ2v) is 5.68. The van der Waals surface area contributed by atoms with Gasteiger partial charge in [-0.15, -0.1) is 5.73 Å². The lowest BCUT2D eigenvalue weighted by molar-refractivity contribution is 0.361. The molecule has 2 aliphatic rings. The molecular formula is C16H26. The normalized spacial score (nSPS) is 23.8. The fourth-order valence-electron chi connectivity index (χ4n) is 3.16. The van der Waals surface area contributed by atoms with Crippen molar-refractivity contribution in [3.05, 3.63) is 17.9 Å². The molecule has 0 amide bonds. The van der Waals surface area contributed by atoms with E-state index in [2.05, 4.69) is 17.9 Å². The van der Waals surface area contributed by atoms with Crippen LogP contribution in [0.25, 0.3) is 0 Å². The zero-order chi connectivity index (χ0) is 11.1. The van der Waals surface area contributed by atoms with Crippen molar-refractivity contribution in [1.29, 1.82) is 0 Å². The van der Waals surface area contributed by atoms with Gasteiger partial charge in [0.1, 0.15) is 0 Å². The molecule has 0 heterocycles. The maximum Gasteiger partial charge on any atom is -0.0158 e. The predicted molar refractivity (Wildman–Crippen MR) is 70.4 cm³/mol. The molecule has 0 saturated heterocycles. The molecule has 90 valence electrons. The van der Waals surface area contributed by atoms with Crippen molar-refractivity contribution < 1.29 is 0 Å². The van der Waals surface area contributed by atoms with E-state index >= 15 is 0 Å². The Bertz CT molecular complexity index is 233. The van der Waals surface area contributed by atoms with Gasteiger partial charge in [-0.3, -0.25) is 0 Å². The summed E-state index contributed by atoms with van der Waals surface area (Å²) in [6.07, 6.45) is 20.4. The highest BCUT2D eigenvalue weighted by atomic mass is 14.2. The highest BCUT2D eigenvalue weighted by Gasteiger charge is 2.11. The van der Waals surface area contributed by atoms with Crippen LogP contribution in [-0.2, 0) is 0 Å². The van der Waals surface area contributed by atoms with Crippen LogP contribution in [0.2, 0.25) is 0 Å². The van der Waals surface area contributed by atoms with E-state index in [1.165, 1.54) is 70.6 Å². The monoisotopic (exact) mass is 218 g/mol. The minimum atomic E-state index is 0.844. The van der Waals surface area contributed by atoms with E-state index < -0.39 is 0 Å². The van der Waals surface area contributed by atoms with E-state index in [-0.39, 0.29) is 0 Å². The van der Waals surface area contributed by atoms with Gasteiger partial charge in [0.15, 0.2) is 0 Å². The van der Waals surface area contributed by atoms with Gasteiger partial charge in [-0.1, -0.05) is 51.4 Å². The summed E-state index contributed by atoms with van der Waals surface area (Å²) in [4.78, 5) is 0. The first-order valence-corrected chi connectivity index (χ1v) is 7.36. The maximum atomic E-state index is 3.45. The van der Waals surface area contributed by atoms with Crippen molar-refractivity contribution in [2.75, 3.05) is 0 Å². The van der Waals surface area contributed by atoms with Crippen LogP contribution in [0.5, 0.6) is 0 Å². The van der Waals surface area contributed by atoms with E-state index in [4.69, 9.17) is 0 Å². The number of hydrogen-bond donors (Lipinski definition) is 0. The van der Waals surface area contributed by atoms with Crippen molar-refractivity contribution in [2.45, 2.75) is 70.6 Å². The molecule has 0 aromatic rings. The zero-order valence-electron chi connectivity index (χ0n) is 10.6. The molecule has 0 radical (unpaired) electrons. The third-order valence-corrected chi connectivity index (χ3v) is 4.28. The van der Waals surface area contributed by atoms with Gasteiger partial charge in [-0.2, -0.15) is 0 Å². The molecule has 2 aliphatic carbocycles. The molecule has 2 rings (SSSR count). The van der Waals surface area contributed by atoms with E-state index in [1.54, 1.807) is 0 Å². The number of rotatable bonds is 3. The number of hydrogen-bond acceptors (Lipinski definition) is 0. The smallest absolute Gasteiger partial charge is 0.0158 e. The summed E-state index contributed by atoms with van der Waals surface area (Å²) in [5.74, 6) is 1.82. The summed E-state index contributed by atoms with van der Waals surface area (Å²) in [6, 6.07) is 0. The molecule has 0 bridgehead atoms. The van der Waals surface area contributed by atoms with E-state index in [0.29, 0.717) is 0 Å². The van der Waals surface area contributed by atoms with Crippen molar-refractivity contribution in [3.8, 4) is 0 Å². The quantitative estimate of drug-likeness (QED) is 0.568. The fraction of sp³-hybridized carbons (Fsp3) is 0.812. The Morgan fingerprint density at radius 2 is 1.44 bits per heavy atom. The molecule has 0 heteroatoms. The SMILES string of the molecule is C(=CCC1CCCCC1)=CC1CCCCC1. The first kappa shape index (κ1) is 12.0. The largest absolute Gasteiger partial charge is 0.129 e. The molecule has 0 aliphatic heterocycles. The van der Waals surface area contributed by atoms with Gasteiger partial charge in [-0.05, 0) is 43.3 Å². The molecule has 0 aromatic carbocycles. The van der Waals surface area contributed by atoms with E-state index in [1.807, 2.05) is 0 Å². The van der Waals surface area contributed by atoms with Crippen LogP contribution in [0.15, 0.2) is 17.9 Å². The van der Waals surface area contributed by atoms with Crippen LogP contribution in [0.3, 0.4) is 0 Å². The molecule has 0 N–H and O–H groups in total. The molecule has 0 nitrogen and oxygen atoms in total. The van der Waals surface area contributed by atoms with E-state index in [0.717, 1.165) is 11.8 Å². The van der Waals surface area contributed by atoms with Gasteiger partial charge >= 0.3 is 0 Å². The molecule has 0 atom stereocenters. The summed E-state index contributed by atoms with van der Waals surface area (Å²) >= 11 is 0. The average molecular weight is 218 g/mol. The third-order valence-electron chi connectivity index (χ3n) is 4.28. The topological polar surface area (TPSA) is 0 Å². The van der Waals surface area contributed by atoms with Crippen LogP contribution in [0, 0.1) is 11.8 Å². The lowest BCUT2D eigenvalue weighted by Gasteiger charge is -2.19. The Hall–Kier alpha value is -0.480. The predicted octanol–water partition coefficient (Wildman–Crippen LogP) is 5.25. The van der Waals surface area contributed by atoms with Crippen LogP contribution < -0.4 is 0 Å². The fourth-order valence-corrected chi connectivity index (χ4v) is 3.16. The van der Waals surface area contributed by atoms with Crippen LogP contribution in [0.4, 0.5) is 0 Å². The molecule has 2 saturated carbocycles. The molecule has 0 unspecified atom stereocenters. The lowest BCUT2D eigenvalue weighted by Crippen LogP contribution is -2.04. The highest BCUT2D eigenvalue weighted by molar-refractivity contribution is 4.92. The Morgan fingerprint density at radius 3 is 2.12 bits per heavy atom. The summed E-state index contributed by atoms with van der Waals surface area (Å²) in [5.41, 5.74) is 3.45. The zero-order valence-corrected chi connectivity index (χ0v) is 10.6. The van der Waals surface area contributed by atoms with Crippen LogP contribution in [0.1, 0.15) is 70.6 Å². The van der Waals surface area contributed by atoms with Gasteiger partial charge in [0.05, 0.1) is 0 Å². The molecule has 16 heavy (non-hydrogen) atoms. The first-order chi connectivity index (χ1) is 7.95. The Labute approximate surface area is 101 Å². The highest BCUT2D eigenvalue weighted by Crippen LogP contribution is 2.27. The Morgan fingerprint density at radius 1 is 0.812 bits per heavy atom. The molecule has 0 spiro atoms. The van der Waals surface area contributed by atoms with Crippen molar-refractivity contribution >= 4 is 0 Å². The lowest BCUT2D eigenvalue weighted by atomic mass is 9.87. The molecule has 0 aromatic heterocycles. The van der Waals surface area contributed by atoms with Gasteiger partial charge < -0.3 is 0 Å². The van der Waals surface area contributed by atoms with E-state index in [9.17, 15) is 0 Å². The third kappa shape index (κ3) is 4.18. The summed E-state index contributed by atoms with van der Waals surface area (Å²) < 4.78 is 0. The Kier molecular flexibility index (Phi) is 5.22. The van der Waals surface area contributed by atoms with Crippen molar-refractivity contribution in [1.82, 2.24) is 0 Å². The van der Waals surface area contributed by atoms with Crippen molar-refractivity contribution in [3.63, 3.8) is 0 Å². The average Bonchev–Trinajstić information content (AvgIpc) is 2.37. The molecule has 2 fully saturated rings. The van der Waals surface area contributed by atoms with Crippen LogP contribution >= 0.6 is 0 Å². The molecular weight excluding hydrogens is 192 g/mol. The van der Waals surface area contributed by atoms with Crippen LogP contribution in [-0.4, -0.2) is 0 Å². The minimum Gasteiger partial charge on any atom is -0.129 e. The standard InChI is InChI=1S/C16H26/c1-3-9-15(10-4-1)13-7-8-14-16-11-5-2-6-12-16/h7,14-16H,1-6,9-13H2. The van der Waals surface area contributed by atoms with Gasteiger partial charge in [0, 0.05) is 0 Å². The van der Waals surface area contributed by atoms with Gasteiger partial charge in [-0.25, -0.2) is 0 Å². The second-order valence-electron chi connectivity index (χ2n) is 5.68. The Balaban J connectivity index is 1.68.